The van der Waals surface area contributed by atoms with Crippen molar-refractivity contribution in [3.8, 4) is 0 Å². The Bertz CT molecular complexity index is 326. The molecule has 0 aliphatic heterocycles. The highest BCUT2D eigenvalue weighted by atomic mass is 32.1. The zero-order valence-corrected chi connectivity index (χ0v) is 11.3. The van der Waals surface area contributed by atoms with E-state index in [4.69, 9.17) is 0 Å². The number of thiazole rings is 1. The first-order valence-corrected chi connectivity index (χ1v) is 7.12. The summed E-state index contributed by atoms with van der Waals surface area (Å²) in [7, 11) is 2.08. The van der Waals surface area contributed by atoms with E-state index in [0.29, 0.717) is 6.04 Å². The number of rotatable bonds is 3. The van der Waals surface area contributed by atoms with Gasteiger partial charge in [-0.25, -0.2) is 4.98 Å². The van der Waals surface area contributed by atoms with E-state index in [1.807, 2.05) is 11.3 Å². The molecule has 1 heterocycles. The van der Waals surface area contributed by atoms with Gasteiger partial charge in [-0.3, -0.25) is 0 Å². The second kappa shape index (κ2) is 5.28. The van der Waals surface area contributed by atoms with Crippen molar-refractivity contribution >= 4 is 11.3 Å². The maximum Gasteiger partial charge on any atom is 0.0897 e. The number of aryl methyl sites for hydroxylation is 1. The fourth-order valence-electron chi connectivity index (χ4n) is 2.75. The Balaban J connectivity index is 2.05. The van der Waals surface area contributed by atoms with E-state index in [0.717, 1.165) is 11.8 Å². The molecule has 1 atom stereocenters. The van der Waals surface area contributed by atoms with Gasteiger partial charge in [0.05, 0.1) is 5.01 Å². The number of nitrogens with zero attached hydrogens (tertiary/aromatic N) is 1. The summed E-state index contributed by atoms with van der Waals surface area (Å²) in [6.45, 7) is 4.46. The highest BCUT2D eigenvalue weighted by Gasteiger charge is 2.27. The average molecular weight is 238 g/mol. The Morgan fingerprint density at radius 3 is 2.56 bits per heavy atom. The third kappa shape index (κ3) is 2.64. The summed E-state index contributed by atoms with van der Waals surface area (Å²) in [5.74, 6) is 1.73. The molecule has 0 saturated heterocycles. The van der Waals surface area contributed by atoms with E-state index < -0.39 is 0 Å². The Hall–Kier alpha value is -0.410. The number of hydrogen-bond donors (Lipinski definition) is 1. The molecule has 1 aromatic heterocycles. The van der Waals surface area contributed by atoms with Gasteiger partial charge in [0.2, 0.25) is 0 Å². The lowest BCUT2D eigenvalue weighted by Gasteiger charge is -2.31. The van der Waals surface area contributed by atoms with Crippen LogP contribution in [0.5, 0.6) is 0 Å². The lowest BCUT2D eigenvalue weighted by Crippen LogP contribution is -2.27. The summed E-state index contributed by atoms with van der Waals surface area (Å²) in [6.07, 6.45) is 7.56. The van der Waals surface area contributed by atoms with Crippen molar-refractivity contribution in [2.75, 3.05) is 7.05 Å². The zero-order valence-electron chi connectivity index (χ0n) is 10.5. The minimum Gasteiger partial charge on any atom is -0.312 e. The number of aromatic nitrogens is 1. The van der Waals surface area contributed by atoms with Crippen LogP contribution in [0.4, 0.5) is 0 Å². The normalized spacial score (nSPS) is 27.9. The first-order chi connectivity index (χ1) is 7.70. The summed E-state index contributed by atoms with van der Waals surface area (Å²) < 4.78 is 0. The van der Waals surface area contributed by atoms with E-state index >= 15 is 0 Å². The van der Waals surface area contributed by atoms with Crippen LogP contribution < -0.4 is 5.32 Å². The van der Waals surface area contributed by atoms with E-state index in [1.165, 1.54) is 35.6 Å². The SMILES string of the molecule is CNC(c1cnc(C)s1)C1CCC(C)CC1. The van der Waals surface area contributed by atoms with Crippen molar-refractivity contribution in [2.24, 2.45) is 11.8 Å². The van der Waals surface area contributed by atoms with E-state index in [2.05, 4.69) is 37.4 Å². The molecule has 90 valence electrons. The topological polar surface area (TPSA) is 24.9 Å². The van der Waals surface area contributed by atoms with Crippen LogP contribution in [0.3, 0.4) is 0 Å². The molecule has 1 saturated carbocycles. The molecule has 2 rings (SSSR count). The highest BCUT2D eigenvalue weighted by molar-refractivity contribution is 7.11. The maximum absolute atomic E-state index is 4.37. The van der Waals surface area contributed by atoms with Gasteiger partial charge in [-0.2, -0.15) is 0 Å². The van der Waals surface area contributed by atoms with Crippen LogP contribution in [-0.4, -0.2) is 12.0 Å². The summed E-state index contributed by atoms with van der Waals surface area (Å²) in [5, 5.41) is 4.67. The minimum absolute atomic E-state index is 0.527. The first-order valence-electron chi connectivity index (χ1n) is 6.30. The third-order valence-corrected chi connectivity index (χ3v) is 4.78. The summed E-state index contributed by atoms with van der Waals surface area (Å²) in [4.78, 5) is 5.79. The van der Waals surface area contributed by atoms with Crippen LogP contribution >= 0.6 is 11.3 Å². The Morgan fingerprint density at radius 2 is 2.06 bits per heavy atom. The summed E-state index contributed by atoms with van der Waals surface area (Å²) in [6, 6.07) is 0.527. The zero-order chi connectivity index (χ0) is 11.5. The van der Waals surface area contributed by atoms with Crippen LogP contribution in [0.2, 0.25) is 0 Å². The molecule has 0 aromatic carbocycles. The third-order valence-electron chi connectivity index (χ3n) is 3.79. The van der Waals surface area contributed by atoms with E-state index in [1.54, 1.807) is 0 Å². The highest BCUT2D eigenvalue weighted by Crippen LogP contribution is 2.37. The molecule has 0 spiro atoms. The van der Waals surface area contributed by atoms with Crippen molar-refractivity contribution in [1.82, 2.24) is 10.3 Å². The van der Waals surface area contributed by atoms with Crippen molar-refractivity contribution in [2.45, 2.75) is 45.6 Å². The molecule has 1 aliphatic carbocycles. The van der Waals surface area contributed by atoms with E-state index in [9.17, 15) is 0 Å². The smallest absolute Gasteiger partial charge is 0.0897 e. The second-order valence-electron chi connectivity index (χ2n) is 5.07. The van der Waals surface area contributed by atoms with Gasteiger partial charge in [-0.05, 0) is 38.6 Å². The molecule has 0 radical (unpaired) electrons. The maximum atomic E-state index is 4.37. The molecule has 1 fully saturated rings. The van der Waals surface area contributed by atoms with Gasteiger partial charge in [-0.15, -0.1) is 11.3 Å². The van der Waals surface area contributed by atoms with Gasteiger partial charge in [0.25, 0.3) is 0 Å². The Labute approximate surface area is 102 Å². The number of hydrogen-bond acceptors (Lipinski definition) is 3. The van der Waals surface area contributed by atoms with E-state index in [-0.39, 0.29) is 0 Å². The first kappa shape index (κ1) is 12.1. The largest absolute Gasteiger partial charge is 0.312 e. The fourth-order valence-corrected chi connectivity index (χ4v) is 3.74. The van der Waals surface area contributed by atoms with Crippen LogP contribution in [-0.2, 0) is 0 Å². The minimum atomic E-state index is 0.527. The standard InChI is InChI=1S/C13H22N2S/c1-9-4-6-11(7-5-9)13(14-3)12-8-15-10(2)16-12/h8-9,11,13-14H,4-7H2,1-3H3. The van der Waals surface area contributed by atoms with Crippen molar-refractivity contribution < 1.29 is 0 Å². The quantitative estimate of drug-likeness (QED) is 0.871. The predicted molar refractivity (Wildman–Crippen MR) is 69.8 cm³/mol. The van der Waals surface area contributed by atoms with Crippen LogP contribution in [0.1, 0.15) is 48.5 Å². The molecule has 1 aromatic rings. The summed E-state index contributed by atoms with van der Waals surface area (Å²) in [5.41, 5.74) is 0. The van der Waals surface area contributed by atoms with Gasteiger partial charge < -0.3 is 5.32 Å². The Kier molecular flexibility index (Phi) is 3.98. The molecular formula is C13H22N2S. The molecule has 2 nitrogen and oxygen atoms in total. The van der Waals surface area contributed by atoms with Crippen LogP contribution in [0.15, 0.2) is 6.20 Å². The molecule has 3 heteroatoms. The van der Waals surface area contributed by atoms with Gasteiger partial charge in [0.15, 0.2) is 0 Å². The monoisotopic (exact) mass is 238 g/mol. The molecule has 0 amide bonds. The second-order valence-corrected chi connectivity index (χ2v) is 6.33. The summed E-state index contributed by atoms with van der Waals surface area (Å²) >= 11 is 1.84. The lowest BCUT2D eigenvalue weighted by molar-refractivity contribution is 0.240. The molecule has 1 unspecified atom stereocenters. The van der Waals surface area contributed by atoms with Gasteiger partial charge in [0.1, 0.15) is 0 Å². The van der Waals surface area contributed by atoms with Crippen molar-refractivity contribution in [3.63, 3.8) is 0 Å². The molecular weight excluding hydrogens is 216 g/mol. The number of nitrogens with one attached hydrogen (secondary N) is 1. The van der Waals surface area contributed by atoms with Crippen LogP contribution in [0, 0.1) is 18.8 Å². The lowest BCUT2D eigenvalue weighted by atomic mass is 9.79. The van der Waals surface area contributed by atoms with Gasteiger partial charge in [-0.1, -0.05) is 19.8 Å². The van der Waals surface area contributed by atoms with Crippen molar-refractivity contribution in [1.29, 1.82) is 0 Å². The fraction of sp³-hybridized carbons (Fsp3) is 0.769. The van der Waals surface area contributed by atoms with Crippen molar-refractivity contribution in [3.05, 3.63) is 16.1 Å². The molecule has 16 heavy (non-hydrogen) atoms. The van der Waals surface area contributed by atoms with Crippen LogP contribution in [0.25, 0.3) is 0 Å². The molecule has 1 N–H and O–H groups in total. The average Bonchev–Trinajstić information content (AvgIpc) is 2.69. The molecule has 1 aliphatic rings. The van der Waals surface area contributed by atoms with Gasteiger partial charge in [0, 0.05) is 17.1 Å². The van der Waals surface area contributed by atoms with Gasteiger partial charge >= 0.3 is 0 Å². The Morgan fingerprint density at radius 1 is 1.38 bits per heavy atom. The predicted octanol–water partition coefficient (Wildman–Crippen LogP) is 3.54. The molecule has 0 bridgehead atoms.